The van der Waals surface area contributed by atoms with Crippen LogP contribution < -0.4 is 0 Å². The van der Waals surface area contributed by atoms with Crippen molar-refractivity contribution in [2.45, 2.75) is 25.4 Å². The summed E-state index contributed by atoms with van der Waals surface area (Å²) in [6, 6.07) is 8.92. The highest BCUT2D eigenvalue weighted by atomic mass is 17.1. The number of rotatable bonds is 5. The van der Waals surface area contributed by atoms with Crippen molar-refractivity contribution in [3.63, 3.8) is 0 Å². The SMILES string of the molecule is CC(CON1C(=O)CCC1=O)(OO)c1ccccc1. The Morgan fingerprint density at radius 2 is 1.79 bits per heavy atom. The highest BCUT2D eigenvalue weighted by molar-refractivity contribution is 6.00. The maximum Gasteiger partial charge on any atom is 0.253 e. The summed E-state index contributed by atoms with van der Waals surface area (Å²) in [5.74, 6) is -0.753. The zero-order valence-corrected chi connectivity index (χ0v) is 10.5. The molecule has 2 amide bonds. The molecule has 0 spiro atoms. The van der Waals surface area contributed by atoms with Crippen molar-refractivity contribution in [3.8, 4) is 0 Å². The van der Waals surface area contributed by atoms with E-state index < -0.39 is 5.60 Å². The van der Waals surface area contributed by atoms with Gasteiger partial charge in [-0.1, -0.05) is 30.3 Å². The lowest BCUT2D eigenvalue weighted by Gasteiger charge is -2.27. The molecule has 0 saturated carbocycles. The van der Waals surface area contributed by atoms with Gasteiger partial charge in [0.1, 0.15) is 6.61 Å². The van der Waals surface area contributed by atoms with Gasteiger partial charge in [-0.2, -0.15) is 5.06 Å². The van der Waals surface area contributed by atoms with E-state index in [0.29, 0.717) is 5.56 Å². The van der Waals surface area contributed by atoms with Crippen LogP contribution in [-0.2, 0) is 24.9 Å². The van der Waals surface area contributed by atoms with E-state index in [1.54, 1.807) is 31.2 Å². The highest BCUT2D eigenvalue weighted by Crippen LogP contribution is 2.26. The van der Waals surface area contributed by atoms with E-state index in [9.17, 15) is 9.59 Å². The van der Waals surface area contributed by atoms with Crippen LogP contribution in [0.1, 0.15) is 25.3 Å². The molecule has 1 fully saturated rings. The van der Waals surface area contributed by atoms with E-state index in [0.717, 1.165) is 5.06 Å². The van der Waals surface area contributed by atoms with E-state index in [2.05, 4.69) is 4.89 Å². The molecular weight excluding hydrogens is 250 g/mol. The Morgan fingerprint density at radius 3 is 2.32 bits per heavy atom. The van der Waals surface area contributed by atoms with Gasteiger partial charge in [-0.3, -0.25) is 19.7 Å². The first-order chi connectivity index (χ1) is 9.07. The van der Waals surface area contributed by atoms with Crippen molar-refractivity contribution < 1.29 is 24.6 Å². The number of nitrogens with zero attached hydrogens (tertiary/aromatic N) is 1. The molecule has 1 unspecified atom stereocenters. The van der Waals surface area contributed by atoms with Crippen LogP contribution in [0.3, 0.4) is 0 Å². The number of carbonyl (C=O) groups is 2. The Balaban J connectivity index is 2.07. The van der Waals surface area contributed by atoms with Gasteiger partial charge in [0.05, 0.1) is 0 Å². The molecule has 19 heavy (non-hydrogen) atoms. The summed E-state index contributed by atoms with van der Waals surface area (Å²) in [5, 5.41) is 9.81. The quantitative estimate of drug-likeness (QED) is 0.495. The normalized spacial score (nSPS) is 18.7. The first-order valence-electron chi connectivity index (χ1n) is 5.93. The standard InChI is InChI=1S/C13H15NO5/c1-13(19-17,10-5-3-2-4-6-10)9-18-14-11(15)7-8-12(14)16/h2-6,17H,7-9H2,1H3. The van der Waals surface area contributed by atoms with Crippen LogP contribution in [0.25, 0.3) is 0 Å². The van der Waals surface area contributed by atoms with Crippen LogP contribution in [0.15, 0.2) is 30.3 Å². The number of hydroxylamine groups is 2. The van der Waals surface area contributed by atoms with Crippen LogP contribution in [-0.4, -0.2) is 28.7 Å². The van der Waals surface area contributed by atoms with Crippen molar-refractivity contribution in [1.29, 1.82) is 0 Å². The molecule has 2 rings (SSSR count). The maximum atomic E-state index is 11.4. The predicted molar refractivity (Wildman–Crippen MR) is 64.5 cm³/mol. The van der Waals surface area contributed by atoms with Crippen LogP contribution in [0.5, 0.6) is 0 Å². The van der Waals surface area contributed by atoms with E-state index in [-0.39, 0.29) is 31.3 Å². The first-order valence-corrected chi connectivity index (χ1v) is 5.93. The number of hydrogen-bond donors (Lipinski definition) is 1. The number of hydrogen-bond acceptors (Lipinski definition) is 5. The van der Waals surface area contributed by atoms with Gasteiger partial charge < -0.3 is 0 Å². The van der Waals surface area contributed by atoms with Crippen molar-refractivity contribution in [3.05, 3.63) is 35.9 Å². The first kappa shape index (κ1) is 13.7. The summed E-state index contributed by atoms with van der Waals surface area (Å²) in [6.45, 7) is 1.46. The summed E-state index contributed by atoms with van der Waals surface area (Å²) < 4.78 is 0. The van der Waals surface area contributed by atoms with Crippen LogP contribution in [0.4, 0.5) is 0 Å². The molecule has 1 aromatic carbocycles. The lowest BCUT2D eigenvalue weighted by Crippen LogP contribution is -2.38. The zero-order chi connectivity index (χ0) is 13.9. The zero-order valence-electron chi connectivity index (χ0n) is 10.5. The number of imide groups is 1. The summed E-state index contributed by atoms with van der Waals surface area (Å²) in [4.78, 5) is 32.5. The van der Waals surface area contributed by atoms with Crippen LogP contribution in [0, 0.1) is 0 Å². The second-order valence-corrected chi connectivity index (χ2v) is 4.54. The molecule has 1 saturated heterocycles. The van der Waals surface area contributed by atoms with Gasteiger partial charge in [-0.15, -0.1) is 0 Å². The molecule has 0 aliphatic carbocycles. The average Bonchev–Trinajstić information content (AvgIpc) is 2.76. The minimum absolute atomic E-state index is 0.148. The molecule has 1 atom stereocenters. The lowest BCUT2D eigenvalue weighted by molar-refractivity contribution is -0.343. The van der Waals surface area contributed by atoms with Crippen LogP contribution >= 0.6 is 0 Å². The van der Waals surface area contributed by atoms with Gasteiger partial charge in [0.25, 0.3) is 11.8 Å². The molecule has 0 bridgehead atoms. The molecule has 6 nitrogen and oxygen atoms in total. The van der Waals surface area contributed by atoms with Gasteiger partial charge in [0.15, 0.2) is 5.60 Å². The summed E-state index contributed by atoms with van der Waals surface area (Å²) in [7, 11) is 0. The lowest BCUT2D eigenvalue weighted by atomic mass is 9.97. The number of carbonyl (C=O) groups excluding carboxylic acids is 2. The fourth-order valence-electron chi connectivity index (χ4n) is 1.84. The molecule has 102 valence electrons. The fourth-order valence-corrected chi connectivity index (χ4v) is 1.84. The third kappa shape index (κ3) is 2.81. The van der Waals surface area contributed by atoms with Crippen LogP contribution in [0.2, 0.25) is 0 Å². The van der Waals surface area contributed by atoms with Gasteiger partial charge >= 0.3 is 0 Å². The molecular formula is C13H15NO5. The average molecular weight is 265 g/mol. The van der Waals surface area contributed by atoms with E-state index >= 15 is 0 Å². The second-order valence-electron chi connectivity index (χ2n) is 4.54. The third-order valence-electron chi connectivity index (χ3n) is 3.06. The topological polar surface area (TPSA) is 76.1 Å². The minimum Gasteiger partial charge on any atom is -0.272 e. The monoisotopic (exact) mass is 265 g/mol. The largest absolute Gasteiger partial charge is 0.272 e. The van der Waals surface area contributed by atoms with Gasteiger partial charge in [-0.25, -0.2) is 4.89 Å². The minimum atomic E-state index is -1.15. The predicted octanol–water partition coefficient (Wildman–Crippen LogP) is 1.47. The molecule has 1 aromatic rings. The Kier molecular flexibility index (Phi) is 3.94. The molecule has 6 heteroatoms. The Morgan fingerprint density at radius 1 is 1.21 bits per heavy atom. The molecule has 0 radical (unpaired) electrons. The van der Waals surface area contributed by atoms with E-state index in [1.807, 2.05) is 6.07 Å². The third-order valence-corrected chi connectivity index (χ3v) is 3.06. The summed E-state index contributed by atoms with van der Waals surface area (Å²) in [6.07, 6.45) is 0.307. The molecule has 1 heterocycles. The van der Waals surface area contributed by atoms with Gasteiger partial charge in [0, 0.05) is 12.8 Å². The second kappa shape index (κ2) is 5.48. The maximum absolute atomic E-state index is 11.4. The molecule has 1 aliphatic rings. The van der Waals surface area contributed by atoms with Crippen molar-refractivity contribution in [1.82, 2.24) is 5.06 Å². The highest BCUT2D eigenvalue weighted by Gasteiger charge is 2.35. The van der Waals surface area contributed by atoms with Crippen molar-refractivity contribution in [2.24, 2.45) is 0 Å². The Hall–Kier alpha value is -1.76. The number of amides is 2. The fraction of sp³-hybridized carbons (Fsp3) is 0.385. The van der Waals surface area contributed by atoms with Crippen molar-refractivity contribution in [2.75, 3.05) is 6.61 Å². The summed E-state index contributed by atoms with van der Waals surface area (Å²) in [5.41, 5.74) is -0.471. The van der Waals surface area contributed by atoms with Crippen molar-refractivity contribution >= 4 is 11.8 Å². The Bertz CT molecular complexity index is 459. The smallest absolute Gasteiger partial charge is 0.253 e. The molecule has 1 N–H and O–H groups in total. The molecule has 1 aliphatic heterocycles. The van der Waals surface area contributed by atoms with E-state index in [4.69, 9.17) is 10.1 Å². The van der Waals surface area contributed by atoms with Gasteiger partial charge in [-0.05, 0) is 12.5 Å². The summed E-state index contributed by atoms with van der Waals surface area (Å²) >= 11 is 0. The van der Waals surface area contributed by atoms with Gasteiger partial charge in [0.2, 0.25) is 0 Å². The number of benzene rings is 1. The Labute approximate surface area is 110 Å². The van der Waals surface area contributed by atoms with E-state index in [1.165, 1.54) is 0 Å². The molecule has 0 aromatic heterocycles.